The van der Waals surface area contributed by atoms with Crippen LogP contribution in [0.5, 0.6) is 11.5 Å². The number of aryl methyl sites for hydroxylation is 1. The number of aliphatic hydroxyl groups is 1. The number of amides is 3. The van der Waals surface area contributed by atoms with Crippen molar-refractivity contribution in [2.45, 2.75) is 44.3 Å². The van der Waals surface area contributed by atoms with Crippen molar-refractivity contribution >= 4 is 42.9 Å². The van der Waals surface area contributed by atoms with Crippen LogP contribution in [0.1, 0.15) is 28.4 Å². The minimum absolute atomic E-state index is 0.0304. The van der Waals surface area contributed by atoms with Gasteiger partial charge in [-0.1, -0.05) is 66.2 Å². The van der Waals surface area contributed by atoms with Crippen molar-refractivity contribution in [3.8, 4) is 11.5 Å². The van der Waals surface area contributed by atoms with E-state index in [4.69, 9.17) is 30.4 Å². The molecule has 0 aromatic heterocycles. The van der Waals surface area contributed by atoms with Crippen LogP contribution in [-0.2, 0) is 25.4 Å². The minimum Gasteiger partial charge on any atom is -0.475 e. The monoisotopic (exact) mass is 800 g/mol. The number of hydrogen-bond donors (Lipinski definition) is 7. The van der Waals surface area contributed by atoms with Crippen molar-refractivity contribution in [3.05, 3.63) is 126 Å². The van der Waals surface area contributed by atoms with Crippen molar-refractivity contribution in [1.82, 2.24) is 16.0 Å². The summed E-state index contributed by atoms with van der Waals surface area (Å²) in [5.74, 6) is -5.79. The van der Waals surface area contributed by atoms with Gasteiger partial charge in [-0.15, -0.1) is 0 Å². The quantitative estimate of drug-likeness (QED) is 0.0511. The van der Waals surface area contributed by atoms with Crippen LogP contribution in [0.15, 0.2) is 114 Å². The van der Waals surface area contributed by atoms with Crippen LogP contribution in [0.25, 0.3) is 0 Å². The number of hydrogen-bond acceptors (Lipinski definition) is 9. The summed E-state index contributed by atoms with van der Waals surface area (Å²) in [4.78, 5) is 52.3. The third-order valence-corrected chi connectivity index (χ3v) is 9.38. The van der Waals surface area contributed by atoms with Gasteiger partial charge in [0, 0.05) is 12.0 Å². The molecule has 0 saturated heterocycles. The van der Waals surface area contributed by atoms with Crippen LogP contribution in [0.4, 0.5) is 18.9 Å². The Morgan fingerprint density at radius 1 is 0.786 bits per heavy atom. The number of nitrogens with one attached hydrogen (secondary N) is 3. The third kappa shape index (κ3) is 14.1. The number of para-hydroxylation sites is 2. The highest BCUT2D eigenvalue weighted by atomic mass is 31.2. The Morgan fingerprint density at radius 2 is 1.29 bits per heavy atom. The third-order valence-electron chi connectivity index (χ3n) is 7.38. The first-order chi connectivity index (χ1) is 26.4. The molecule has 0 fully saturated rings. The van der Waals surface area contributed by atoms with Crippen LogP contribution in [0, 0.1) is 6.92 Å². The average molecular weight is 801 g/mol. The second-order valence-corrected chi connectivity index (χ2v) is 14.0. The second-order valence-electron chi connectivity index (χ2n) is 11.9. The van der Waals surface area contributed by atoms with Gasteiger partial charge in [0.05, 0.1) is 12.3 Å². The fourth-order valence-corrected chi connectivity index (χ4v) is 6.38. The van der Waals surface area contributed by atoms with E-state index < -0.39 is 61.9 Å². The molecule has 4 aromatic carbocycles. The molecule has 3 atom stereocenters. The Morgan fingerprint density at radius 3 is 1.73 bits per heavy atom. The molecule has 0 heterocycles. The largest absolute Gasteiger partial charge is 0.490 e. The number of carbonyl (C=O) groups excluding carboxylic acids is 3. The van der Waals surface area contributed by atoms with Crippen molar-refractivity contribution in [1.29, 1.82) is 0 Å². The van der Waals surface area contributed by atoms with E-state index in [0.717, 1.165) is 5.56 Å². The summed E-state index contributed by atoms with van der Waals surface area (Å²) >= 11 is 0. The van der Waals surface area contributed by atoms with Gasteiger partial charge in [0.1, 0.15) is 23.6 Å². The number of carboxylic acid groups (broad SMARTS) is 1. The van der Waals surface area contributed by atoms with Crippen LogP contribution in [0.3, 0.4) is 0 Å². The lowest BCUT2D eigenvalue weighted by Gasteiger charge is -2.29. The molecule has 0 aliphatic rings. The number of aliphatic carboxylic acids is 1. The lowest BCUT2D eigenvalue weighted by Crippen LogP contribution is -2.55. The van der Waals surface area contributed by atoms with E-state index in [1.54, 1.807) is 109 Å². The van der Waals surface area contributed by atoms with E-state index in [1.807, 2.05) is 6.92 Å². The van der Waals surface area contributed by atoms with Gasteiger partial charge >= 0.3 is 19.7 Å². The van der Waals surface area contributed by atoms with Crippen molar-refractivity contribution < 1.29 is 56.2 Å². The Kier molecular flexibility index (Phi) is 16.0. The molecule has 0 radical (unpaired) electrons. The number of benzene rings is 4. The number of aliphatic imine (C=N–C) groups is 1. The van der Waals surface area contributed by atoms with Crippen molar-refractivity contribution in [3.63, 3.8) is 0 Å². The van der Waals surface area contributed by atoms with Crippen LogP contribution < -0.4 is 36.5 Å². The Hall–Kier alpha value is -6.39. The van der Waals surface area contributed by atoms with Gasteiger partial charge in [0.2, 0.25) is 11.8 Å². The van der Waals surface area contributed by atoms with E-state index in [-0.39, 0.29) is 23.9 Å². The predicted octanol–water partition coefficient (Wildman–Crippen LogP) is 4.16. The highest BCUT2D eigenvalue weighted by Crippen LogP contribution is 2.53. The maximum atomic E-state index is 14.8. The fraction of sp³-hybridized carbons (Fsp3) is 0.216. The molecule has 0 saturated carbocycles. The number of carboxylic acids is 1. The van der Waals surface area contributed by atoms with Gasteiger partial charge in [-0.05, 0) is 67.9 Å². The lowest BCUT2D eigenvalue weighted by atomic mass is 10.1. The first-order valence-electron chi connectivity index (χ1n) is 16.6. The first-order valence-corrected chi connectivity index (χ1v) is 18.2. The number of carbonyl (C=O) groups is 4. The van der Waals surface area contributed by atoms with Gasteiger partial charge in [-0.25, -0.2) is 14.4 Å². The zero-order valence-corrected chi connectivity index (χ0v) is 30.9. The van der Waals surface area contributed by atoms with E-state index in [0.29, 0.717) is 16.8 Å². The topological polar surface area (TPSA) is 245 Å². The van der Waals surface area contributed by atoms with Gasteiger partial charge < -0.3 is 46.7 Å². The van der Waals surface area contributed by atoms with Crippen LogP contribution >= 0.6 is 7.60 Å². The first kappa shape index (κ1) is 44.0. The molecule has 9 N–H and O–H groups in total. The zero-order valence-electron chi connectivity index (χ0n) is 30.0. The molecular weight excluding hydrogens is 760 g/mol. The van der Waals surface area contributed by atoms with Crippen LogP contribution in [-0.4, -0.2) is 70.5 Å². The molecule has 0 spiro atoms. The maximum Gasteiger partial charge on any atom is 0.490 e. The summed E-state index contributed by atoms with van der Waals surface area (Å²) in [5, 5.41) is 24.7. The number of alkyl halides is 3. The minimum atomic E-state index is -5.08. The Labute approximate surface area is 319 Å². The number of rotatable bonds is 15. The average Bonchev–Trinajstić information content (AvgIpc) is 3.14. The summed E-state index contributed by atoms with van der Waals surface area (Å²) in [7, 11) is -4.29. The van der Waals surface area contributed by atoms with E-state index in [9.17, 15) is 37.2 Å². The van der Waals surface area contributed by atoms with Crippen molar-refractivity contribution in [2.75, 3.05) is 6.61 Å². The van der Waals surface area contributed by atoms with Crippen LogP contribution in [0.2, 0.25) is 0 Å². The Balaban J connectivity index is 0.00000109. The number of nitrogens with two attached hydrogens (primary N) is 2. The van der Waals surface area contributed by atoms with Gasteiger partial charge in [0.25, 0.3) is 5.91 Å². The van der Waals surface area contributed by atoms with Gasteiger partial charge in [0.15, 0.2) is 11.7 Å². The number of aliphatic hydroxyl groups excluding tert-OH is 1. The zero-order chi connectivity index (χ0) is 41.5. The summed E-state index contributed by atoms with van der Waals surface area (Å²) < 4.78 is 58.6. The second kappa shape index (κ2) is 20.3. The molecule has 0 aliphatic carbocycles. The summed E-state index contributed by atoms with van der Waals surface area (Å²) in [6, 6.07) is 27.6. The summed E-state index contributed by atoms with van der Waals surface area (Å²) in [5.41, 5.74) is 13.3. The molecule has 4 aromatic rings. The van der Waals surface area contributed by atoms with Crippen molar-refractivity contribution in [2.24, 2.45) is 16.5 Å². The molecule has 4 rings (SSSR count). The lowest BCUT2D eigenvalue weighted by molar-refractivity contribution is -0.192. The Bertz CT molecular complexity index is 1950. The number of guanidine groups is 1. The molecule has 19 heteroatoms. The number of halogens is 3. The maximum absolute atomic E-state index is 14.8. The van der Waals surface area contributed by atoms with Gasteiger partial charge in [-0.2, -0.15) is 13.2 Å². The summed E-state index contributed by atoms with van der Waals surface area (Å²) in [6.45, 7) is 2.56. The smallest absolute Gasteiger partial charge is 0.475 e. The van der Waals surface area contributed by atoms with E-state index in [2.05, 4.69) is 20.9 Å². The molecule has 3 amide bonds. The fourth-order valence-electron chi connectivity index (χ4n) is 4.53. The normalized spacial score (nSPS) is 12.6. The SMILES string of the molecule is Cc1ccc(C(=O)N[C@H](CO)C(=O)N[C@@H](C)C(=O)NC(Cc2ccc(N=C(N)N)cc2)P(=O)(Oc2ccccc2)Oc2ccccc2)cc1.O=C(O)C(F)(F)F. The molecule has 1 unspecified atom stereocenters. The predicted molar refractivity (Wildman–Crippen MR) is 200 cm³/mol. The molecule has 0 bridgehead atoms. The molecular formula is C37H40F3N6O9P. The van der Waals surface area contributed by atoms with E-state index in [1.165, 1.54) is 6.92 Å². The van der Waals surface area contributed by atoms with E-state index >= 15 is 0 Å². The highest BCUT2D eigenvalue weighted by Gasteiger charge is 2.42. The molecule has 298 valence electrons. The molecule has 15 nitrogen and oxygen atoms in total. The van der Waals surface area contributed by atoms with Gasteiger partial charge in [-0.3, -0.25) is 14.4 Å². The summed E-state index contributed by atoms with van der Waals surface area (Å²) in [6.07, 6.45) is -5.11. The molecule has 56 heavy (non-hydrogen) atoms. The standard InChI is InChI=1S/C35H39N6O7P.C2HF3O2/c1-23-13-17-26(18-14-23)33(44)40-30(22-42)34(45)38-24(2)32(43)41-31(21-25-15-19-27(20-16-25)39-35(36)37)49(46,47-28-9-5-3-6-10-28)48-29-11-7-4-8-12-29;3-2(4,5)1(6)7/h3-20,24,30-31,42H,21-22H2,1-2H3,(H,38,45)(H,40,44)(H,41,43)(H4,36,37,39);(H,6,7)/t24-,30+,31?;/m0./s1. The molecule has 0 aliphatic heterocycles. The number of nitrogens with zero attached hydrogens (tertiary/aromatic N) is 1. The highest BCUT2D eigenvalue weighted by molar-refractivity contribution is 7.55.